The highest BCUT2D eigenvalue weighted by molar-refractivity contribution is 7.98. The number of aromatic nitrogens is 5. The average molecular weight is 396 g/mol. The third kappa shape index (κ3) is 3.81. The summed E-state index contributed by atoms with van der Waals surface area (Å²) in [7, 11) is 0. The van der Waals surface area contributed by atoms with Gasteiger partial charge in [-0.1, -0.05) is 47.3 Å². The molecule has 1 aromatic carbocycles. The number of anilines is 1. The molecule has 3 heterocycles. The molecule has 0 saturated heterocycles. The second kappa shape index (κ2) is 7.69. The standard InChI is InChI=1S/C18H16N6O3S/c1-12-9-14(22-27-12)20-15(25)10-24-18(26)23-8-7-19-17(16(23)21-24)28-11-13-5-3-2-4-6-13/h2-9H,10-11H2,1H3,(H,20,22,25). The molecule has 1 N–H and O–H groups in total. The monoisotopic (exact) mass is 396 g/mol. The summed E-state index contributed by atoms with van der Waals surface area (Å²) in [5, 5.41) is 11.2. The molecule has 1 amide bonds. The molecule has 3 aromatic heterocycles. The minimum absolute atomic E-state index is 0.241. The van der Waals surface area contributed by atoms with Crippen LogP contribution in [0.3, 0.4) is 0 Å². The number of aryl methyl sites for hydroxylation is 1. The van der Waals surface area contributed by atoms with Crippen LogP contribution in [0.5, 0.6) is 0 Å². The summed E-state index contributed by atoms with van der Waals surface area (Å²) >= 11 is 1.48. The molecule has 142 valence electrons. The predicted molar refractivity (Wildman–Crippen MR) is 103 cm³/mol. The number of hydrogen-bond acceptors (Lipinski definition) is 7. The molecule has 0 atom stereocenters. The Morgan fingerprint density at radius 1 is 1.29 bits per heavy atom. The Bertz CT molecular complexity index is 1180. The number of rotatable bonds is 6. The van der Waals surface area contributed by atoms with E-state index in [4.69, 9.17) is 4.52 Å². The van der Waals surface area contributed by atoms with Crippen LogP contribution in [0.15, 0.2) is 63.1 Å². The predicted octanol–water partition coefficient (Wildman–Crippen LogP) is 2.12. The second-order valence-electron chi connectivity index (χ2n) is 6.01. The Balaban J connectivity index is 1.54. The maximum Gasteiger partial charge on any atom is 0.350 e. The van der Waals surface area contributed by atoms with Gasteiger partial charge >= 0.3 is 5.69 Å². The van der Waals surface area contributed by atoms with E-state index in [1.54, 1.807) is 19.2 Å². The van der Waals surface area contributed by atoms with Crippen LogP contribution in [-0.4, -0.2) is 30.2 Å². The molecule has 0 aliphatic rings. The third-order valence-electron chi connectivity index (χ3n) is 3.88. The maximum atomic E-state index is 12.6. The first-order valence-electron chi connectivity index (χ1n) is 8.44. The van der Waals surface area contributed by atoms with Crippen molar-refractivity contribution in [3.8, 4) is 0 Å². The quantitative estimate of drug-likeness (QED) is 0.497. The fourth-order valence-corrected chi connectivity index (χ4v) is 3.50. The Hall–Kier alpha value is -3.40. The molecule has 0 spiro atoms. The van der Waals surface area contributed by atoms with Crippen molar-refractivity contribution in [3.63, 3.8) is 0 Å². The molecule has 0 unspecified atom stereocenters. The fraction of sp³-hybridized carbons (Fsp3) is 0.167. The van der Waals surface area contributed by atoms with Gasteiger partial charge in [0.2, 0.25) is 5.91 Å². The zero-order valence-electron chi connectivity index (χ0n) is 14.9. The van der Waals surface area contributed by atoms with E-state index in [1.807, 2.05) is 30.3 Å². The van der Waals surface area contributed by atoms with Gasteiger partial charge in [-0.15, -0.1) is 5.10 Å². The normalized spacial score (nSPS) is 11.0. The molecule has 0 fully saturated rings. The van der Waals surface area contributed by atoms with E-state index >= 15 is 0 Å². The molecule has 28 heavy (non-hydrogen) atoms. The zero-order chi connectivity index (χ0) is 19.5. The lowest BCUT2D eigenvalue weighted by Gasteiger charge is -2.01. The number of carbonyl (C=O) groups excluding carboxylic acids is 1. The van der Waals surface area contributed by atoms with Crippen LogP contribution in [-0.2, 0) is 17.1 Å². The molecule has 4 aromatic rings. The third-order valence-corrected chi connectivity index (χ3v) is 4.92. The highest BCUT2D eigenvalue weighted by atomic mass is 32.2. The van der Waals surface area contributed by atoms with Gasteiger partial charge in [0.15, 0.2) is 11.5 Å². The van der Waals surface area contributed by atoms with Gasteiger partial charge in [0, 0.05) is 24.2 Å². The summed E-state index contributed by atoms with van der Waals surface area (Å²) in [6.07, 6.45) is 3.08. The highest BCUT2D eigenvalue weighted by Crippen LogP contribution is 2.23. The first-order chi connectivity index (χ1) is 13.6. The van der Waals surface area contributed by atoms with Crippen molar-refractivity contribution in [3.05, 3.63) is 70.6 Å². The first kappa shape index (κ1) is 18.0. The van der Waals surface area contributed by atoms with Crippen molar-refractivity contribution in [2.24, 2.45) is 0 Å². The summed E-state index contributed by atoms with van der Waals surface area (Å²) in [6, 6.07) is 11.5. The summed E-state index contributed by atoms with van der Waals surface area (Å²) < 4.78 is 7.39. The maximum absolute atomic E-state index is 12.6. The van der Waals surface area contributed by atoms with Crippen molar-refractivity contribution in [1.82, 2.24) is 24.3 Å². The van der Waals surface area contributed by atoms with Gasteiger partial charge in [0.1, 0.15) is 17.3 Å². The van der Waals surface area contributed by atoms with E-state index in [0.717, 1.165) is 10.2 Å². The molecule has 0 radical (unpaired) electrons. The lowest BCUT2D eigenvalue weighted by atomic mass is 10.2. The van der Waals surface area contributed by atoms with Gasteiger partial charge in [-0.2, -0.15) is 0 Å². The number of fused-ring (bicyclic) bond motifs is 1. The number of hydrogen-bond donors (Lipinski definition) is 1. The van der Waals surface area contributed by atoms with Gasteiger partial charge in [-0.05, 0) is 12.5 Å². The molecule has 4 rings (SSSR count). The van der Waals surface area contributed by atoms with Gasteiger partial charge < -0.3 is 9.84 Å². The van der Waals surface area contributed by atoms with Crippen molar-refractivity contribution in [2.45, 2.75) is 24.2 Å². The summed E-state index contributed by atoms with van der Waals surface area (Å²) in [5.74, 6) is 1.14. The number of amides is 1. The van der Waals surface area contributed by atoms with Gasteiger partial charge in [0.25, 0.3) is 0 Å². The number of nitrogens with zero attached hydrogens (tertiary/aromatic N) is 5. The number of carbonyl (C=O) groups is 1. The van der Waals surface area contributed by atoms with Crippen LogP contribution in [0.25, 0.3) is 5.65 Å². The van der Waals surface area contributed by atoms with E-state index < -0.39 is 11.6 Å². The molecule has 0 saturated carbocycles. The van der Waals surface area contributed by atoms with Crippen molar-refractivity contribution in [2.75, 3.05) is 5.32 Å². The van der Waals surface area contributed by atoms with Crippen molar-refractivity contribution in [1.29, 1.82) is 0 Å². The Labute approximate surface area is 163 Å². The molecular weight excluding hydrogens is 380 g/mol. The lowest BCUT2D eigenvalue weighted by molar-refractivity contribution is -0.117. The summed E-state index contributed by atoms with van der Waals surface area (Å²) in [6.45, 7) is 1.48. The second-order valence-corrected chi connectivity index (χ2v) is 6.98. The molecular formula is C18H16N6O3S. The SMILES string of the molecule is Cc1cc(NC(=O)Cn2nc3c(SCc4ccccc4)nccn3c2=O)no1. The number of benzene rings is 1. The summed E-state index contributed by atoms with van der Waals surface area (Å²) in [5.41, 5.74) is 1.14. The molecule has 10 heteroatoms. The average Bonchev–Trinajstić information content (AvgIpc) is 3.24. The molecule has 9 nitrogen and oxygen atoms in total. The van der Waals surface area contributed by atoms with E-state index in [2.05, 4.69) is 20.6 Å². The van der Waals surface area contributed by atoms with E-state index in [0.29, 0.717) is 28.0 Å². The van der Waals surface area contributed by atoms with Crippen LogP contribution >= 0.6 is 11.8 Å². The van der Waals surface area contributed by atoms with Gasteiger partial charge in [0.05, 0.1) is 0 Å². The van der Waals surface area contributed by atoms with Crippen LogP contribution in [0, 0.1) is 6.92 Å². The Kier molecular flexibility index (Phi) is 4.94. The van der Waals surface area contributed by atoms with E-state index in [9.17, 15) is 9.59 Å². The van der Waals surface area contributed by atoms with Crippen LogP contribution in [0.1, 0.15) is 11.3 Å². The Morgan fingerprint density at radius 2 is 2.11 bits per heavy atom. The largest absolute Gasteiger partial charge is 0.360 e. The van der Waals surface area contributed by atoms with Crippen molar-refractivity contribution < 1.29 is 9.32 Å². The zero-order valence-corrected chi connectivity index (χ0v) is 15.7. The fourth-order valence-electron chi connectivity index (χ4n) is 2.60. The van der Waals surface area contributed by atoms with Crippen molar-refractivity contribution >= 4 is 29.1 Å². The van der Waals surface area contributed by atoms with Crippen LogP contribution in [0.4, 0.5) is 5.82 Å². The highest BCUT2D eigenvalue weighted by Gasteiger charge is 2.15. The molecule has 0 bridgehead atoms. The van der Waals surface area contributed by atoms with Crippen LogP contribution in [0.2, 0.25) is 0 Å². The number of thioether (sulfide) groups is 1. The summed E-state index contributed by atoms with van der Waals surface area (Å²) in [4.78, 5) is 29.1. The lowest BCUT2D eigenvalue weighted by Crippen LogP contribution is -2.28. The number of nitrogens with one attached hydrogen (secondary N) is 1. The Morgan fingerprint density at radius 3 is 2.86 bits per heavy atom. The molecule has 0 aliphatic carbocycles. The smallest absolute Gasteiger partial charge is 0.350 e. The van der Waals surface area contributed by atoms with E-state index in [1.165, 1.54) is 22.4 Å². The first-order valence-corrected chi connectivity index (χ1v) is 9.43. The van der Waals surface area contributed by atoms with E-state index in [-0.39, 0.29) is 6.54 Å². The van der Waals surface area contributed by atoms with Crippen LogP contribution < -0.4 is 11.0 Å². The topological polar surface area (TPSA) is 107 Å². The van der Waals surface area contributed by atoms with Gasteiger partial charge in [-0.3, -0.25) is 4.79 Å². The minimum Gasteiger partial charge on any atom is -0.360 e. The van der Waals surface area contributed by atoms with Gasteiger partial charge in [-0.25, -0.2) is 18.9 Å². The minimum atomic E-state index is -0.426. The molecule has 0 aliphatic heterocycles.